The van der Waals surface area contributed by atoms with Crippen LogP contribution in [0.1, 0.15) is 27.0 Å². The third-order valence-corrected chi connectivity index (χ3v) is 5.15. The minimum absolute atomic E-state index is 0.0489. The van der Waals surface area contributed by atoms with E-state index in [4.69, 9.17) is 5.73 Å². The van der Waals surface area contributed by atoms with E-state index in [-0.39, 0.29) is 17.4 Å². The van der Waals surface area contributed by atoms with E-state index < -0.39 is 17.6 Å². The summed E-state index contributed by atoms with van der Waals surface area (Å²) in [4.78, 5) is 18.3. The molecule has 1 aliphatic heterocycles. The highest BCUT2D eigenvalue weighted by Crippen LogP contribution is 2.34. The molecule has 0 fully saturated rings. The van der Waals surface area contributed by atoms with E-state index in [2.05, 4.69) is 10.3 Å². The summed E-state index contributed by atoms with van der Waals surface area (Å²) in [5.41, 5.74) is 7.36. The van der Waals surface area contributed by atoms with Gasteiger partial charge in [-0.15, -0.1) is 0 Å². The quantitative estimate of drug-likeness (QED) is 0.588. The van der Waals surface area contributed by atoms with Crippen LogP contribution in [0.2, 0.25) is 0 Å². The lowest BCUT2D eigenvalue weighted by atomic mass is 9.97. The number of pyridine rings is 1. The van der Waals surface area contributed by atoms with E-state index in [0.717, 1.165) is 23.3 Å². The average Bonchev–Trinajstić information content (AvgIpc) is 2.73. The number of anilines is 3. The third-order valence-electron chi connectivity index (χ3n) is 5.15. The van der Waals surface area contributed by atoms with Gasteiger partial charge in [0.05, 0.1) is 11.3 Å². The fourth-order valence-electron chi connectivity index (χ4n) is 3.60. The Morgan fingerprint density at radius 1 is 1.10 bits per heavy atom. The maximum atomic E-state index is 14.3. The summed E-state index contributed by atoms with van der Waals surface area (Å²) in [6, 6.07) is 10.8. The van der Waals surface area contributed by atoms with Crippen LogP contribution in [0.5, 0.6) is 0 Å². The van der Waals surface area contributed by atoms with Crippen molar-refractivity contribution in [2.45, 2.75) is 19.1 Å². The Morgan fingerprint density at radius 2 is 1.90 bits per heavy atom. The first-order valence-corrected chi connectivity index (χ1v) is 9.48. The van der Waals surface area contributed by atoms with Gasteiger partial charge in [0.25, 0.3) is 5.91 Å². The minimum atomic E-state index is -4.61. The number of nitrogen functional groups attached to an aromatic ring is 1. The first-order chi connectivity index (χ1) is 14.7. The van der Waals surface area contributed by atoms with Crippen LogP contribution in [0.4, 0.5) is 34.8 Å². The molecule has 4 rings (SSSR count). The van der Waals surface area contributed by atoms with Crippen LogP contribution in [0.3, 0.4) is 0 Å². The van der Waals surface area contributed by atoms with Gasteiger partial charge >= 0.3 is 6.18 Å². The molecule has 0 unspecified atom stereocenters. The van der Waals surface area contributed by atoms with Gasteiger partial charge in [-0.25, -0.2) is 9.37 Å². The van der Waals surface area contributed by atoms with E-state index in [0.29, 0.717) is 36.8 Å². The van der Waals surface area contributed by atoms with Crippen LogP contribution in [-0.4, -0.2) is 22.3 Å². The number of hydrogen-bond donors (Lipinski definition) is 2. The molecule has 0 spiro atoms. The predicted octanol–water partition coefficient (Wildman–Crippen LogP) is 4.76. The SMILES string of the molecule is Nc1cc(C(=O)N2CCc3c(cccc3Nc3ccc(C(F)(F)F)cc3F)C2)ccn1. The minimum Gasteiger partial charge on any atom is -0.384 e. The summed E-state index contributed by atoms with van der Waals surface area (Å²) in [5, 5.41) is 2.89. The molecule has 1 aliphatic rings. The standard InChI is InChI=1S/C22H18F4N4O/c23-17-11-15(22(24,25)26)4-5-19(17)29-18-3-1-2-14-12-30(9-7-16(14)18)21(31)13-6-8-28-20(27)10-13/h1-6,8,10-11,29H,7,9,12H2,(H2,27,28). The average molecular weight is 430 g/mol. The topological polar surface area (TPSA) is 71.2 Å². The lowest BCUT2D eigenvalue weighted by Crippen LogP contribution is -2.36. The lowest BCUT2D eigenvalue weighted by Gasteiger charge is -2.30. The van der Waals surface area contributed by atoms with Crippen LogP contribution >= 0.6 is 0 Å². The first kappa shape index (κ1) is 20.6. The van der Waals surface area contributed by atoms with Crippen LogP contribution in [0.25, 0.3) is 0 Å². The number of nitrogens with zero attached hydrogens (tertiary/aromatic N) is 2. The Labute approximate surface area is 175 Å². The van der Waals surface area contributed by atoms with Crippen LogP contribution in [-0.2, 0) is 19.1 Å². The predicted molar refractivity (Wildman–Crippen MR) is 108 cm³/mol. The highest BCUT2D eigenvalue weighted by molar-refractivity contribution is 5.95. The molecule has 0 saturated heterocycles. The highest BCUT2D eigenvalue weighted by atomic mass is 19.4. The first-order valence-electron chi connectivity index (χ1n) is 9.48. The van der Waals surface area contributed by atoms with E-state index in [9.17, 15) is 22.4 Å². The summed E-state index contributed by atoms with van der Waals surface area (Å²) in [7, 11) is 0. The number of nitrogens with one attached hydrogen (secondary N) is 1. The molecule has 160 valence electrons. The molecule has 0 aliphatic carbocycles. The number of fused-ring (bicyclic) bond motifs is 1. The second kappa shape index (κ2) is 7.90. The van der Waals surface area contributed by atoms with Crippen molar-refractivity contribution < 1.29 is 22.4 Å². The van der Waals surface area contributed by atoms with Crippen LogP contribution in [0.15, 0.2) is 54.7 Å². The molecule has 2 heterocycles. The molecule has 0 atom stereocenters. The van der Waals surface area contributed by atoms with Gasteiger partial charge < -0.3 is 16.0 Å². The van der Waals surface area contributed by atoms with E-state index in [1.54, 1.807) is 23.1 Å². The van der Waals surface area contributed by atoms with Gasteiger partial charge in [-0.1, -0.05) is 12.1 Å². The molecule has 0 radical (unpaired) electrons. The maximum Gasteiger partial charge on any atom is 0.416 e. The zero-order valence-electron chi connectivity index (χ0n) is 16.2. The van der Waals surface area contributed by atoms with Crippen molar-refractivity contribution in [3.8, 4) is 0 Å². The van der Waals surface area contributed by atoms with Crippen molar-refractivity contribution >= 4 is 23.1 Å². The number of nitrogens with two attached hydrogens (primary N) is 1. The molecule has 9 heteroatoms. The molecule has 1 amide bonds. The van der Waals surface area contributed by atoms with Gasteiger partial charge in [0.2, 0.25) is 0 Å². The lowest BCUT2D eigenvalue weighted by molar-refractivity contribution is -0.137. The molecule has 5 nitrogen and oxygen atoms in total. The number of carbonyl (C=O) groups is 1. The molecule has 31 heavy (non-hydrogen) atoms. The molecule has 1 aromatic heterocycles. The fourth-order valence-corrected chi connectivity index (χ4v) is 3.60. The number of halogens is 4. The number of amides is 1. The normalized spacial score (nSPS) is 13.6. The summed E-state index contributed by atoms with van der Waals surface area (Å²) in [6.45, 7) is 0.781. The number of hydrogen-bond acceptors (Lipinski definition) is 4. The second-order valence-electron chi connectivity index (χ2n) is 7.21. The number of alkyl halides is 3. The Bertz CT molecular complexity index is 1150. The van der Waals surface area contributed by atoms with Crippen molar-refractivity contribution in [2.75, 3.05) is 17.6 Å². The van der Waals surface area contributed by atoms with Crippen molar-refractivity contribution in [3.05, 3.63) is 82.8 Å². The van der Waals surface area contributed by atoms with Crippen molar-refractivity contribution in [1.82, 2.24) is 9.88 Å². The number of aromatic nitrogens is 1. The van der Waals surface area contributed by atoms with Gasteiger partial charge in [0, 0.05) is 30.5 Å². The van der Waals surface area contributed by atoms with E-state index >= 15 is 0 Å². The highest BCUT2D eigenvalue weighted by Gasteiger charge is 2.31. The van der Waals surface area contributed by atoms with Gasteiger partial charge in [0.1, 0.15) is 11.6 Å². The molecule has 0 bridgehead atoms. The van der Waals surface area contributed by atoms with Crippen molar-refractivity contribution in [3.63, 3.8) is 0 Å². The Kier molecular flexibility index (Phi) is 5.26. The Morgan fingerprint density at radius 3 is 2.61 bits per heavy atom. The third kappa shape index (κ3) is 4.30. The number of benzene rings is 2. The zero-order chi connectivity index (χ0) is 22.2. The summed E-state index contributed by atoms with van der Waals surface area (Å²) in [5.74, 6) is -0.907. The molecular formula is C22H18F4N4O. The van der Waals surface area contributed by atoms with Crippen LogP contribution in [0, 0.1) is 5.82 Å². The number of carbonyl (C=O) groups excluding carboxylic acids is 1. The molecular weight excluding hydrogens is 412 g/mol. The summed E-state index contributed by atoms with van der Waals surface area (Å²) in [6.07, 6.45) is -2.63. The van der Waals surface area contributed by atoms with Gasteiger partial charge in [-0.05, 0) is 53.9 Å². The second-order valence-corrected chi connectivity index (χ2v) is 7.21. The molecule has 3 N–H and O–H groups in total. The number of rotatable bonds is 3. The van der Waals surface area contributed by atoms with Gasteiger partial charge in [-0.3, -0.25) is 4.79 Å². The van der Waals surface area contributed by atoms with Crippen molar-refractivity contribution in [2.24, 2.45) is 0 Å². The van der Waals surface area contributed by atoms with Gasteiger partial charge in [0.15, 0.2) is 0 Å². The summed E-state index contributed by atoms with van der Waals surface area (Å²) < 4.78 is 52.6. The maximum absolute atomic E-state index is 14.3. The summed E-state index contributed by atoms with van der Waals surface area (Å²) >= 11 is 0. The van der Waals surface area contributed by atoms with Crippen LogP contribution < -0.4 is 11.1 Å². The Hall–Kier alpha value is -3.62. The molecule has 0 saturated carbocycles. The molecule has 3 aromatic rings. The fraction of sp³-hybridized carbons (Fsp3) is 0.182. The Balaban J connectivity index is 1.55. The van der Waals surface area contributed by atoms with Crippen molar-refractivity contribution in [1.29, 1.82) is 0 Å². The van der Waals surface area contributed by atoms with E-state index in [1.807, 2.05) is 6.07 Å². The van der Waals surface area contributed by atoms with Gasteiger partial charge in [-0.2, -0.15) is 13.2 Å². The zero-order valence-corrected chi connectivity index (χ0v) is 16.2. The largest absolute Gasteiger partial charge is 0.416 e. The van der Waals surface area contributed by atoms with E-state index in [1.165, 1.54) is 12.3 Å². The smallest absolute Gasteiger partial charge is 0.384 e. The molecule has 2 aromatic carbocycles. The monoisotopic (exact) mass is 430 g/mol.